The van der Waals surface area contributed by atoms with E-state index in [1.165, 1.54) is 0 Å². The van der Waals surface area contributed by atoms with E-state index in [9.17, 15) is 14.7 Å². The van der Waals surface area contributed by atoms with Crippen molar-refractivity contribution in [2.75, 3.05) is 0 Å². The number of Topliss-reactive ketones (excluding diaryl/α,β-unsaturated/α-hetero) is 2. The van der Waals surface area contributed by atoms with Crippen LogP contribution >= 0.6 is 0 Å². The SMILES string of the molecule is O=C1CC[C@]2(Cc3ccccc3)C(=O)CC[C@]2(O)C1. The fourth-order valence-corrected chi connectivity index (χ4v) is 3.75. The number of carbonyl (C=O) groups is 2. The summed E-state index contributed by atoms with van der Waals surface area (Å²) in [4.78, 5) is 24.0. The lowest BCUT2D eigenvalue weighted by molar-refractivity contribution is -0.151. The molecule has 0 unspecified atom stereocenters. The second-order valence-corrected chi connectivity index (χ2v) is 5.91. The summed E-state index contributed by atoms with van der Waals surface area (Å²) in [5, 5.41) is 10.8. The lowest BCUT2D eigenvalue weighted by Gasteiger charge is -2.44. The van der Waals surface area contributed by atoms with Crippen LogP contribution in [0.1, 0.15) is 37.7 Å². The number of aliphatic hydroxyl groups is 1. The van der Waals surface area contributed by atoms with Gasteiger partial charge in [-0.3, -0.25) is 9.59 Å². The summed E-state index contributed by atoms with van der Waals surface area (Å²) < 4.78 is 0. The maximum Gasteiger partial charge on any atom is 0.142 e. The molecule has 0 saturated heterocycles. The Morgan fingerprint density at radius 2 is 1.79 bits per heavy atom. The van der Waals surface area contributed by atoms with Crippen molar-refractivity contribution in [3.05, 3.63) is 35.9 Å². The number of benzene rings is 1. The van der Waals surface area contributed by atoms with Gasteiger partial charge in [0.2, 0.25) is 0 Å². The minimum Gasteiger partial charge on any atom is -0.388 e. The Kier molecular flexibility index (Phi) is 2.82. The van der Waals surface area contributed by atoms with E-state index in [2.05, 4.69) is 0 Å². The Morgan fingerprint density at radius 1 is 1.05 bits per heavy atom. The molecule has 0 heterocycles. The van der Waals surface area contributed by atoms with Gasteiger partial charge in [0.1, 0.15) is 11.6 Å². The lowest BCUT2D eigenvalue weighted by Crippen LogP contribution is -2.53. The van der Waals surface area contributed by atoms with E-state index in [-0.39, 0.29) is 18.0 Å². The molecule has 2 aliphatic carbocycles. The van der Waals surface area contributed by atoms with Crippen LogP contribution in [0.2, 0.25) is 0 Å². The van der Waals surface area contributed by atoms with Gasteiger partial charge in [-0.25, -0.2) is 0 Å². The van der Waals surface area contributed by atoms with Gasteiger partial charge in [0.25, 0.3) is 0 Å². The summed E-state index contributed by atoms with van der Waals surface area (Å²) in [6.07, 6.45) is 2.44. The van der Waals surface area contributed by atoms with Crippen LogP contribution in [0.15, 0.2) is 30.3 Å². The van der Waals surface area contributed by atoms with E-state index in [1.807, 2.05) is 30.3 Å². The summed E-state index contributed by atoms with van der Waals surface area (Å²) in [7, 11) is 0. The summed E-state index contributed by atoms with van der Waals surface area (Å²) in [6, 6.07) is 9.79. The van der Waals surface area contributed by atoms with E-state index in [1.54, 1.807) is 0 Å². The van der Waals surface area contributed by atoms with Gasteiger partial charge >= 0.3 is 0 Å². The third kappa shape index (κ3) is 1.84. The van der Waals surface area contributed by atoms with Crippen LogP contribution in [0, 0.1) is 5.41 Å². The summed E-state index contributed by atoms with van der Waals surface area (Å²) in [6.45, 7) is 0. The van der Waals surface area contributed by atoms with Crippen molar-refractivity contribution in [1.82, 2.24) is 0 Å². The standard InChI is InChI=1S/C16H18O3/c17-13-6-8-15(10-12-4-2-1-3-5-12)14(18)7-9-16(15,19)11-13/h1-5,19H,6-11H2/t15-,16-/m0/s1. The van der Waals surface area contributed by atoms with E-state index in [4.69, 9.17) is 0 Å². The van der Waals surface area contributed by atoms with Crippen molar-refractivity contribution >= 4 is 11.6 Å². The average Bonchev–Trinajstić information content (AvgIpc) is 2.64. The first-order valence-electron chi connectivity index (χ1n) is 6.87. The number of rotatable bonds is 2. The van der Waals surface area contributed by atoms with Crippen LogP contribution < -0.4 is 0 Å². The maximum atomic E-state index is 12.4. The largest absolute Gasteiger partial charge is 0.388 e. The van der Waals surface area contributed by atoms with Gasteiger partial charge in [-0.05, 0) is 24.8 Å². The zero-order valence-corrected chi connectivity index (χ0v) is 10.9. The molecule has 1 aromatic rings. The first-order chi connectivity index (χ1) is 9.06. The molecule has 1 aromatic carbocycles. The maximum absolute atomic E-state index is 12.4. The first kappa shape index (κ1) is 12.5. The predicted molar refractivity (Wildman–Crippen MR) is 70.6 cm³/mol. The van der Waals surface area contributed by atoms with Gasteiger partial charge in [0.15, 0.2) is 0 Å². The summed E-state index contributed by atoms with van der Waals surface area (Å²) in [5.74, 6) is 0.215. The highest BCUT2D eigenvalue weighted by Gasteiger charge is 2.61. The molecule has 0 radical (unpaired) electrons. The summed E-state index contributed by atoms with van der Waals surface area (Å²) >= 11 is 0. The third-order valence-corrected chi connectivity index (χ3v) is 4.86. The quantitative estimate of drug-likeness (QED) is 0.883. The normalized spacial score (nSPS) is 34.4. The number of carbonyl (C=O) groups excluding carboxylic acids is 2. The Morgan fingerprint density at radius 3 is 2.53 bits per heavy atom. The van der Waals surface area contributed by atoms with E-state index in [0.717, 1.165) is 5.56 Å². The zero-order chi connectivity index (χ0) is 13.5. The Balaban J connectivity index is 1.98. The minimum absolute atomic E-state index is 0.0842. The third-order valence-electron chi connectivity index (χ3n) is 4.86. The van der Waals surface area contributed by atoms with Gasteiger partial charge in [-0.15, -0.1) is 0 Å². The molecule has 0 bridgehead atoms. The number of ketones is 2. The molecule has 0 amide bonds. The molecule has 2 fully saturated rings. The number of hydrogen-bond acceptors (Lipinski definition) is 3. The average molecular weight is 258 g/mol. The number of hydrogen-bond donors (Lipinski definition) is 1. The van der Waals surface area contributed by atoms with Gasteiger partial charge < -0.3 is 5.11 Å². The van der Waals surface area contributed by atoms with Crippen LogP contribution in [0.3, 0.4) is 0 Å². The number of fused-ring (bicyclic) bond motifs is 1. The molecule has 19 heavy (non-hydrogen) atoms. The van der Waals surface area contributed by atoms with Crippen molar-refractivity contribution in [2.24, 2.45) is 5.41 Å². The van der Waals surface area contributed by atoms with Crippen molar-refractivity contribution in [2.45, 2.75) is 44.1 Å². The molecule has 0 spiro atoms. The molecule has 3 rings (SSSR count). The lowest BCUT2D eigenvalue weighted by atomic mass is 9.61. The second-order valence-electron chi connectivity index (χ2n) is 5.91. The van der Waals surface area contributed by atoms with Crippen LogP contribution in [-0.2, 0) is 16.0 Å². The van der Waals surface area contributed by atoms with Crippen LogP contribution in [0.5, 0.6) is 0 Å². The molecule has 0 aromatic heterocycles. The molecular weight excluding hydrogens is 240 g/mol. The summed E-state index contributed by atoms with van der Waals surface area (Å²) in [5.41, 5.74) is -0.789. The van der Waals surface area contributed by atoms with Crippen LogP contribution in [-0.4, -0.2) is 22.3 Å². The minimum atomic E-state index is -1.12. The topological polar surface area (TPSA) is 54.4 Å². The fourth-order valence-electron chi connectivity index (χ4n) is 3.75. The Bertz CT molecular complexity index is 522. The Hall–Kier alpha value is -1.48. The second kappa shape index (κ2) is 4.27. The molecule has 100 valence electrons. The molecule has 1 N–H and O–H groups in total. The molecule has 2 aliphatic rings. The van der Waals surface area contributed by atoms with Crippen LogP contribution in [0.25, 0.3) is 0 Å². The first-order valence-corrected chi connectivity index (χ1v) is 6.87. The van der Waals surface area contributed by atoms with Crippen molar-refractivity contribution in [1.29, 1.82) is 0 Å². The van der Waals surface area contributed by atoms with Crippen molar-refractivity contribution < 1.29 is 14.7 Å². The molecule has 2 atom stereocenters. The zero-order valence-electron chi connectivity index (χ0n) is 10.9. The predicted octanol–water partition coefficient (Wildman–Crippen LogP) is 2.06. The van der Waals surface area contributed by atoms with Gasteiger partial charge in [-0.1, -0.05) is 30.3 Å². The highest BCUT2D eigenvalue weighted by molar-refractivity contribution is 5.93. The molecule has 2 saturated carbocycles. The van der Waals surface area contributed by atoms with E-state index >= 15 is 0 Å². The van der Waals surface area contributed by atoms with E-state index in [0.29, 0.717) is 32.1 Å². The van der Waals surface area contributed by atoms with Gasteiger partial charge in [0, 0.05) is 19.3 Å². The molecule has 3 heteroatoms. The van der Waals surface area contributed by atoms with Crippen molar-refractivity contribution in [3.8, 4) is 0 Å². The smallest absolute Gasteiger partial charge is 0.142 e. The van der Waals surface area contributed by atoms with Gasteiger partial charge in [-0.2, -0.15) is 0 Å². The van der Waals surface area contributed by atoms with Gasteiger partial charge in [0.05, 0.1) is 11.0 Å². The molecule has 0 aliphatic heterocycles. The molecule has 3 nitrogen and oxygen atoms in total. The highest BCUT2D eigenvalue weighted by atomic mass is 16.3. The Labute approximate surface area is 112 Å². The fraction of sp³-hybridized carbons (Fsp3) is 0.500. The highest BCUT2D eigenvalue weighted by Crippen LogP contribution is 2.53. The monoisotopic (exact) mass is 258 g/mol. The van der Waals surface area contributed by atoms with Crippen molar-refractivity contribution in [3.63, 3.8) is 0 Å². The van der Waals surface area contributed by atoms with Crippen LogP contribution in [0.4, 0.5) is 0 Å². The van der Waals surface area contributed by atoms with E-state index < -0.39 is 11.0 Å². The molecular formula is C16H18O3.